The van der Waals surface area contributed by atoms with E-state index in [1.165, 1.54) is 0 Å². The van der Waals surface area contributed by atoms with Gasteiger partial charge in [-0.3, -0.25) is 4.79 Å². The summed E-state index contributed by atoms with van der Waals surface area (Å²) in [5.41, 5.74) is 2.38. The molecular formula is C20H16O2S. The van der Waals surface area contributed by atoms with Crippen molar-refractivity contribution in [3.63, 3.8) is 0 Å². The molecule has 0 aliphatic rings. The third-order valence-corrected chi connectivity index (χ3v) is 5.00. The van der Waals surface area contributed by atoms with Gasteiger partial charge in [0.05, 0.1) is 10.8 Å². The number of aryl methyl sites for hydroxylation is 1. The molecule has 0 amide bonds. The third kappa shape index (κ3) is 3.46. The zero-order valence-electron chi connectivity index (χ0n) is 12.7. The first-order valence-corrected chi connectivity index (χ1v) is 8.48. The molecule has 0 heterocycles. The zero-order chi connectivity index (χ0) is 16.2. The average Bonchev–Trinajstić information content (AvgIpc) is 2.62. The number of benzene rings is 3. The molecule has 0 fully saturated rings. The van der Waals surface area contributed by atoms with Crippen LogP contribution < -0.4 is 0 Å². The molecule has 0 aromatic heterocycles. The molecule has 0 bridgehead atoms. The number of hydrogen-bond acceptors (Lipinski definition) is 2. The largest absolute Gasteiger partial charge is 0.289 e. The van der Waals surface area contributed by atoms with Gasteiger partial charge in [0.2, 0.25) is 0 Å². The molecule has 1 unspecified atom stereocenters. The van der Waals surface area contributed by atoms with Crippen LogP contribution in [0.2, 0.25) is 0 Å². The minimum atomic E-state index is -1.23. The van der Waals surface area contributed by atoms with E-state index in [1.54, 1.807) is 36.4 Å². The highest BCUT2D eigenvalue weighted by atomic mass is 32.2. The lowest BCUT2D eigenvalue weighted by molar-refractivity contribution is 0.103. The fourth-order valence-electron chi connectivity index (χ4n) is 2.28. The van der Waals surface area contributed by atoms with Gasteiger partial charge in [0, 0.05) is 20.9 Å². The maximum atomic E-state index is 12.5. The van der Waals surface area contributed by atoms with Crippen molar-refractivity contribution < 1.29 is 9.00 Å². The van der Waals surface area contributed by atoms with Crippen molar-refractivity contribution in [1.29, 1.82) is 0 Å². The number of ketones is 1. The highest BCUT2D eigenvalue weighted by Crippen LogP contribution is 2.18. The highest BCUT2D eigenvalue weighted by molar-refractivity contribution is 7.85. The standard InChI is InChI=1S/C20H16O2S/c1-15-7-11-18(12-8-15)23(22)19-13-9-17(10-14-19)20(21)16-5-3-2-4-6-16/h2-14H,1H3. The Morgan fingerprint density at radius 2 is 1.17 bits per heavy atom. The summed E-state index contributed by atoms with van der Waals surface area (Å²) >= 11 is 0. The molecule has 0 N–H and O–H groups in total. The maximum absolute atomic E-state index is 12.5. The van der Waals surface area contributed by atoms with E-state index in [0.717, 1.165) is 10.5 Å². The van der Waals surface area contributed by atoms with Crippen LogP contribution in [0.15, 0.2) is 88.7 Å². The van der Waals surface area contributed by atoms with E-state index < -0.39 is 10.8 Å². The molecule has 0 spiro atoms. The van der Waals surface area contributed by atoms with Gasteiger partial charge in [-0.25, -0.2) is 4.21 Å². The van der Waals surface area contributed by atoms with Crippen LogP contribution >= 0.6 is 0 Å². The summed E-state index contributed by atoms with van der Waals surface area (Å²) in [6, 6.07) is 23.8. The van der Waals surface area contributed by atoms with Crippen LogP contribution in [0.25, 0.3) is 0 Å². The fraction of sp³-hybridized carbons (Fsp3) is 0.0500. The monoisotopic (exact) mass is 320 g/mol. The molecule has 1 atom stereocenters. The first kappa shape index (κ1) is 15.4. The topological polar surface area (TPSA) is 34.1 Å². The lowest BCUT2D eigenvalue weighted by Crippen LogP contribution is -2.01. The molecule has 3 rings (SSSR count). The van der Waals surface area contributed by atoms with E-state index in [4.69, 9.17) is 0 Å². The van der Waals surface area contributed by atoms with Crippen LogP contribution in [0.4, 0.5) is 0 Å². The SMILES string of the molecule is Cc1ccc(S(=O)c2ccc(C(=O)c3ccccc3)cc2)cc1. The second-order valence-corrected chi connectivity index (χ2v) is 6.78. The predicted molar refractivity (Wildman–Crippen MR) is 92.2 cm³/mol. The van der Waals surface area contributed by atoms with Crippen LogP contribution in [0, 0.1) is 6.92 Å². The zero-order valence-corrected chi connectivity index (χ0v) is 13.5. The Morgan fingerprint density at radius 1 is 0.696 bits per heavy atom. The molecular weight excluding hydrogens is 304 g/mol. The normalized spacial score (nSPS) is 11.9. The predicted octanol–water partition coefficient (Wildman–Crippen LogP) is 4.39. The maximum Gasteiger partial charge on any atom is 0.193 e. The van der Waals surface area contributed by atoms with Gasteiger partial charge >= 0.3 is 0 Å². The lowest BCUT2D eigenvalue weighted by atomic mass is 10.0. The summed E-state index contributed by atoms with van der Waals surface area (Å²) in [6.07, 6.45) is 0. The van der Waals surface area contributed by atoms with E-state index in [2.05, 4.69) is 0 Å². The first-order chi connectivity index (χ1) is 11.1. The summed E-state index contributed by atoms with van der Waals surface area (Å²) in [4.78, 5) is 13.8. The molecule has 3 aromatic rings. The smallest absolute Gasteiger partial charge is 0.193 e. The van der Waals surface area contributed by atoms with Crippen LogP contribution in [0.3, 0.4) is 0 Å². The molecule has 3 heteroatoms. The minimum absolute atomic E-state index is 0.0294. The van der Waals surface area contributed by atoms with Crippen molar-refractivity contribution in [2.75, 3.05) is 0 Å². The van der Waals surface area contributed by atoms with Gasteiger partial charge in [0.15, 0.2) is 5.78 Å². The minimum Gasteiger partial charge on any atom is -0.289 e. The Hall–Kier alpha value is -2.52. The van der Waals surface area contributed by atoms with Gasteiger partial charge in [-0.15, -0.1) is 0 Å². The van der Waals surface area contributed by atoms with Crippen LogP contribution in [0.1, 0.15) is 21.5 Å². The summed E-state index contributed by atoms with van der Waals surface area (Å²) in [5, 5.41) is 0. The summed E-state index contributed by atoms with van der Waals surface area (Å²) < 4.78 is 12.5. The average molecular weight is 320 g/mol. The van der Waals surface area contributed by atoms with Crippen molar-refractivity contribution in [3.8, 4) is 0 Å². The Kier molecular flexibility index (Phi) is 4.49. The van der Waals surface area contributed by atoms with Crippen LogP contribution in [-0.2, 0) is 10.8 Å². The van der Waals surface area contributed by atoms with Crippen LogP contribution in [-0.4, -0.2) is 9.99 Å². The summed E-state index contributed by atoms with van der Waals surface area (Å²) in [6.45, 7) is 2.00. The number of hydrogen-bond donors (Lipinski definition) is 0. The van der Waals surface area contributed by atoms with Gasteiger partial charge < -0.3 is 0 Å². The van der Waals surface area contributed by atoms with Gasteiger partial charge in [0.1, 0.15) is 0 Å². The van der Waals surface area contributed by atoms with E-state index in [1.807, 2.05) is 49.4 Å². The van der Waals surface area contributed by atoms with E-state index in [9.17, 15) is 9.00 Å². The molecule has 114 valence electrons. The highest BCUT2D eigenvalue weighted by Gasteiger charge is 2.11. The van der Waals surface area contributed by atoms with Crippen LogP contribution in [0.5, 0.6) is 0 Å². The Bertz CT molecular complexity index is 835. The van der Waals surface area contributed by atoms with Gasteiger partial charge in [-0.1, -0.05) is 48.0 Å². The van der Waals surface area contributed by atoms with E-state index in [-0.39, 0.29) is 5.78 Å². The molecule has 0 aliphatic carbocycles. The van der Waals surface area contributed by atoms with E-state index in [0.29, 0.717) is 16.0 Å². The molecule has 0 aliphatic heterocycles. The van der Waals surface area contributed by atoms with Gasteiger partial charge in [0.25, 0.3) is 0 Å². The summed E-state index contributed by atoms with van der Waals surface area (Å²) in [7, 11) is -1.23. The second-order valence-electron chi connectivity index (χ2n) is 5.30. The lowest BCUT2D eigenvalue weighted by Gasteiger charge is -2.05. The number of rotatable bonds is 4. The molecule has 3 aromatic carbocycles. The molecule has 0 radical (unpaired) electrons. The van der Waals surface area contributed by atoms with Crippen molar-refractivity contribution in [2.24, 2.45) is 0 Å². The van der Waals surface area contributed by atoms with Crippen molar-refractivity contribution in [1.82, 2.24) is 0 Å². The van der Waals surface area contributed by atoms with E-state index >= 15 is 0 Å². The molecule has 0 saturated heterocycles. The van der Waals surface area contributed by atoms with Gasteiger partial charge in [-0.05, 0) is 43.3 Å². The number of carbonyl (C=O) groups excluding carboxylic acids is 1. The quantitative estimate of drug-likeness (QED) is 0.668. The second kappa shape index (κ2) is 6.71. The molecule has 23 heavy (non-hydrogen) atoms. The fourth-order valence-corrected chi connectivity index (χ4v) is 3.32. The third-order valence-electron chi connectivity index (χ3n) is 3.60. The molecule has 2 nitrogen and oxygen atoms in total. The Morgan fingerprint density at radius 3 is 1.74 bits per heavy atom. The number of carbonyl (C=O) groups is 1. The molecule has 0 saturated carbocycles. The van der Waals surface area contributed by atoms with Crippen molar-refractivity contribution >= 4 is 16.6 Å². The Balaban J connectivity index is 1.83. The van der Waals surface area contributed by atoms with Gasteiger partial charge in [-0.2, -0.15) is 0 Å². The first-order valence-electron chi connectivity index (χ1n) is 7.33. The summed E-state index contributed by atoms with van der Waals surface area (Å²) in [5.74, 6) is -0.0294. The Labute approximate surface area is 138 Å². The van der Waals surface area contributed by atoms with Crippen molar-refractivity contribution in [3.05, 3.63) is 95.6 Å². The van der Waals surface area contributed by atoms with Crippen molar-refractivity contribution in [2.45, 2.75) is 16.7 Å².